The van der Waals surface area contributed by atoms with E-state index in [1.807, 2.05) is 18.4 Å². The van der Waals surface area contributed by atoms with E-state index in [1.54, 1.807) is 6.07 Å². The lowest BCUT2D eigenvalue weighted by Gasteiger charge is -2.00. The number of rotatable bonds is 6. The number of carbonyl (C=O) groups is 1. The third-order valence-corrected chi connectivity index (χ3v) is 5.21. The summed E-state index contributed by atoms with van der Waals surface area (Å²) in [4.78, 5) is 17.7. The number of amides is 1. The normalized spacial score (nSPS) is 11.5. The van der Waals surface area contributed by atoms with Gasteiger partial charge in [0.05, 0.1) is 16.8 Å². The number of thiazole rings is 1. The molecular formula is C12H15N3O3S3. The summed E-state index contributed by atoms with van der Waals surface area (Å²) in [6, 6.07) is 3.56. The van der Waals surface area contributed by atoms with Crippen molar-refractivity contribution in [2.24, 2.45) is 0 Å². The fourth-order valence-corrected chi connectivity index (χ4v) is 3.62. The Labute approximate surface area is 131 Å². The Morgan fingerprint density at radius 3 is 2.76 bits per heavy atom. The summed E-state index contributed by atoms with van der Waals surface area (Å²) >= 11 is 2.73. The summed E-state index contributed by atoms with van der Waals surface area (Å²) in [5.41, 5.74) is 0.869. The zero-order chi connectivity index (χ0) is 15.5. The number of nitrogens with zero attached hydrogens (tertiary/aromatic N) is 1. The third kappa shape index (κ3) is 5.20. The minimum absolute atomic E-state index is 0.198. The topological polar surface area (TPSA) is 88.2 Å². The van der Waals surface area contributed by atoms with Gasteiger partial charge in [-0.15, -0.1) is 22.7 Å². The summed E-state index contributed by atoms with van der Waals surface area (Å²) in [6.45, 7) is 2.19. The molecule has 0 aliphatic rings. The van der Waals surface area contributed by atoms with Gasteiger partial charge in [0.15, 0.2) is 5.13 Å². The van der Waals surface area contributed by atoms with Crippen molar-refractivity contribution in [1.82, 2.24) is 9.71 Å². The van der Waals surface area contributed by atoms with E-state index in [0.29, 0.717) is 23.0 Å². The standard InChI is InChI=1S/C12H15N3O3S3/c1-8-7-19-12(14-8)15-11(16)10-4-3-9(20-10)5-6-13-21(2,17)18/h3-4,7,13H,5-6H2,1-2H3,(H,14,15,16). The molecule has 0 aromatic carbocycles. The molecule has 0 saturated carbocycles. The van der Waals surface area contributed by atoms with Crippen molar-refractivity contribution < 1.29 is 13.2 Å². The molecule has 21 heavy (non-hydrogen) atoms. The molecule has 0 bridgehead atoms. The van der Waals surface area contributed by atoms with E-state index in [4.69, 9.17) is 0 Å². The molecule has 0 aliphatic heterocycles. The van der Waals surface area contributed by atoms with Crippen LogP contribution >= 0.6 is 22.7 Å². The molecule has 0 spiro atoms. The maximum absolute atomic E-state index is 12.0. The summed E-state index contributed by atoms with van der Waals surface area (Å²) in [5, 5.41) is 5.18. The van der Waals surface area contributed by atoms with E-state index in [-0.39, 0.29) is 5.91 Å². The van der Waals surface area contributed by atoms with Crippen molar-refractivity contribution in [1.29, 1.82) is 0 Å². The van der Waals surface area contributed by atoms with Crippen LogP contribution in [0.3, 0.4) is 0 Å². The van der Waals surface area contributed by atoms with Gasteiger partial charge in [-0.1, -0.05) is 0 Å². The molecule has 0 unspecified atom stereocenters. The number of aromatic nitrogens is 1. The first kappa shape index (κ1) is 16.1. The van der Waals surface area contributed by atoms with E-state index in [1.165, 1.54) is 22.7 Å². The van der Waals surface area contributed by atoms with Gasteiger partial charge in [0.25, 0.3) is 5.91 Å². The molecule has 0 saturated heterocycles. The molecule has 2 aromatic heterocycles. The van der Waals surface area contributed by atoms with Crippen LogP contribution in [0.4, 0.5) is 5.13 Å². The minimum Gasteiger partial charge on any atom is -0.297 e. The number of sulfonamides is 1. The second-order valence-corrected chi connectivity index (χ2v) is 8.29. The lowest BCUT2D eigenvalue weighted by molar-refractivity contribution is 0.103. The molecule has 6 nitrogen and oxygen atoms in total. The zero-order valence-corrected chi connectivity index (χ0v) is 14.0. The molecule has 2 heterocycles. The van der Waals surface area contributed by atoms with Crippen molar-refractivity contribution in [3.05, 3.63) is 33.0 Å². The van der Waals surface area contributed by atoms with E-state index in [0.717, 1.165) is 16.8 Å². The Hall–Kier alpha value is -1.29. The zero-order valence-electron chi connectivity index (χ0n) is 11.5. The van der Waals surface area contributed by atoms with Crippen molar-refractivity contribution >= 4 is 43.7 Å². The molecule has 2 N–H and O–H groups in total. The van der Waals surface area contributed by atoms with Gasteiger partial charge in [0.2, 0.25) is 10.0 Å². The molecule has 9 heteroatoms. The Morgan fingerprint density at radius 1 is 1.38 bits per heavy atom. The maximum Gasteiger partial charge on any atom is 0.267 e. The second-order valence-electron chi connectivity index (χ2n) is 4.43. The molecule has 0 aliphatic carbocycles. The van der Waals surface area contributed by atoms with Crippen LogP contribution in [0.1, 0.15) is 20.2 Å². The van der Waals surface area contributed by atoms with Gasteiger partial charge in [-0.3, -0.25) is 10.1 Å². The summed E-state index contributed by atoms with van der Waals surface area (Å²) in [5.74, 6) is -0.198. The van der Waals surface area contributed by atoms with Gasteiger partial charge >= 0.3 is 0 Å². The quantitative estimate of drug-likeness (QED) is 0.836. The van der Waals surface area contributed by atoms with Crippen LogP contribution in [0.15, 0.2) is 17.5 Å². The SMILES string of the molecule is Cc1csc(NC(=O)c2ccc(CCNS(C)(=O)=O)s2)n1. The van der Waals surface area contributed by atoms with Crippen LogP contribution in [0.2, 0.25) is 0 Å². The number of hydrogen-bond donors (Lipinski definition) is 2. The first-order chi connectivity index (χ1) is 9.83. The van der Waals surface area contributed by atoms with E-state index >= 15 is 0 Å². The maximum atomic E-state index is 12.0. The van der Waals surface area contributed by atoms with E-state index < -0.39 is 10.0 Å². The monoisotopic (exact) mass is 345 g/mol. The first-order valence-electron chi connectivity index (χ1n) is 6.10. The van der Waals surface area contributed by atoms with Gasteiger partial charge in [-0.2, -0.15) is 0 Å². The lowest BCUT2D eigenvalue weighted by atomic mass is 10.3. The highest BCUT2D eigenvalue weighted by atomic mass is 32.2. The fourth-order valence-electron chi connectivity index (χ4n) is 1.56. The molecule has 0 atom stereocenters. The minimum atomic E-state index is -3.17. The summed E-state index contributed by atoms with van der Waals surface area (Å²) in [6.07, 6.45) is 1.68. The number of hydrogen-bond acceptors (Lipinski definition) is 6. The summed E-state index contributed by atoms with van der Waals surface area (Å²) in [7, 11) is -3.17. The number of nitrogens with one attached hydrogen (secondary N) is 2. The number of aryl methyl sites for hydroxylation is 1. The van der Waals surface area contributed by atoms with E-state index in [2.05, 4.69) is 15.0 Å². The molecule has 0 radical (unpaired) electrons. The van der Waals surface area contributed by atoms with Crippen LogP contribution in [0, 0.1) is 6.92 Å². The Kier molecular flexibility index (Phi) is 5.09. The van der Waals surface area contributed by atoms with Gasteiger partial charge in [0, 0.05) is 16.8 Å². The highest BCUT2D eigenvalue weighted by Crippen LogP contribution is 2.20. The second kappa shape index (κ2) is 6.65. The predicted octanol–water partition coefficient (Wildman–Crippen LogP) is 1.86. The largest absolute Gasteiger partial charge is 0.297 e. The van der Waals surface area contributed by atoms with Crippen molar-refractivity contribution in [2.75, 3.05) is 18.1 Å². The molecule has 0 fully saturated rings. The molecule has 114 valence electrons. The number of carbonyl (C=O) groups excluding carboxylic acids is 1. The lowest BCUT2D eigenvalue weighted by Crippen LogP contribution is -2.24. The van der Waals surface area contributed by atoms with Gasteiger partial charge in [-0.05, 0) is 25.5 Å². The van der Waals surface area contributed by atoms with Crippen LogP contribution < -0.4 is 10.0 Å². The van der Waals surface area contributed by atoms with Crippen LogP contribution in [0.5, 0.6) is 0 Å². The van der Waals surface area contributed by atoms with Crippen LogP contribution in [-0.4, -0.2) is 32.1 Å². The van der Waals surface area contributed by atoms with Gasteiger partial charge < -0.3 is 0 Å². The first-order valence-corrected chi connectivity index (χ1v) is 9.69. The van der Waals surface area contributed by atoms with Gasteiger partial charge in [-0.25, -0.2) is 18.1 Å². The highest BCUT2D eigenvalue weighted by Gasteiger charge is 2.11. The molecular weight excluding hydrogens is 330 g/mol. The Balaban J connectivity index is 1.91. The summed E-state index contributed by atoms with van der Waals surface area (Å²) < 4.78 is 24.3. The van der Waals surface area contributed by atoms with Crippen LogP contribution in [0.25, 0.3) is 0 Å². The van der Waals surface area contributed by atoms with Crippen molar-refractivity contribution in [2.45, 2.75) is 13.3 Å². The van der Waals surface area contributed by atoms with Crippen LogP contribution in [-0.2, 0) is 16.4 Å². The highest BCUT2D eigenvalue weighted by molar-refractivity contribution is 7.88. The van der Waals surface area contributed by atoms with Crippen molar-refractivity contribution in [3.63, 3.8) is 0 Å². The smallest absolute Gasteiger partial charge is 0.267 e. The fraction of sp³-hybridized carbons (Fsp3) is 0.333. The molecule has 2 aromatic rings. The average molecular weight is 345 g/mol. The van der Waals surface area contributed by atoms with E-state index in [9.17, 15) is 13.2 Å². The van der Waals surface area contributed by atoms with Gasteiger partial charge in [0.1, 0.15) is 0 Å². The average Bonchev–Trinajstić information content (AvgIpc) is 2.97. The number of anilines is 1. The predicted molar refractivity (Wildman–Crippen MR) is 85.7 cm³/mol. The molecule has 1 amide bonds. The van der Waals surface area contributed by atoms with Crippen molar-refractivity contribution in [3.8, 4) is 0 Å². The Morgan fingerprint density at radius 2 is 2.14 bits per heavy atom. The molecule has 2 rings (SSSR count). The third-order valence-electron chi connectivity index (χ3n) is 2.46. The Bertz CT molecular complexity index is 734. The number of thiophene rings is 1.